The summed E-state index contributed by atoms with van der Waals surface area (Å²) >= 11 is 1.66. The fraction of sp³-hybridized carbons (Fsp3) is 0.308. The summed E-state index contributed by atoms with van der Waals surface area (Å²) < 4.78 is 5.43. The Kier molecular flexibility index (Phi) is 4.12. The summed E-state index contributed by atoms with van der Waals surface area (Å²) in [7, 11) is 1.96. The lowest BCUT2D eigenvalue weighted by Crippen LogP contribution is -2.16. The van der Waals surface area contributed by atoms with E-state index in [0.717, 1.165) is 5.75 Å². The fourth-order valence-corrected chi connectivity index (χ4v) is 2.52. The lowest BCUT2D eigenvalue weighted by Gasteiger charge is -2.15. The van der Waals surface area contributed by atoms with E-state index in [1.165, 1.54) is 10.4 Å². The van der Waals surface area contributed by atoms with Crippen LogP contribution in [0, 0.1) is 0 Å². The molecular weight excluding hydrogens is 232 g/mol. The minimum atomic E-state index is 0.207. The molecule has 1 unspecified atom stereocenters. The van der Waals surface area contributed by atoms with Gasteiger partial charge < -0.3 is 10.1 Å². The van der Waals surface area contributed by atoms with Crippen LogP contribution in [0.3, 0.4) is 0 Å². The van der Waals surface area contributed by atoms with Gasteiger partial charge in [0.25, 0.3) is 0 Å². The van der Waals surface area contributed by atoms with Crippen molar-refractivity contribution in [3.05, 3.63) is 46.4 Å². The van der Waals surface area contributed by atoms with Crippen molar-refractivity contribution in [2.24, 2.45) is 0 Å². The number of rotatable bonds is 5. The van der Waals surface area contributed by atoms with Crippen LogP contribution in [0.15, 0.2) is 36.0 Å². The van der Waals surface area contributed by atoms with Gasteiger partial charge in [-0.25, -0.2) is 0 Å². The summed E-state index contributed by atoms with van der Waals surface area (Å²) in [5.41, 5.74) is 3.08. The molecule has 17 heavy (non-hydrogen) atoms. The zero-order valence-corrected chi connectivity index (χ0v) is 10.8. The van der Waals surface area contributed by atoms with Crippen LogP contribution in [-0.4, -0.2) is 18.6 Å². The van der Waals surface area contributed by atoms with Gasteiger partial charge in [0.15, 0.2) is 0 Å². The highest BCUT2D eigenvalue weighted by atomic mass is 32.1. The number of nitrogens with one attached hydrogen (secondary N) is 1. The van der Waals surface area contributed by atoms with E-state index in [9.17, 15) is 0 Å². The van der Waals surface area contributed by atoms with E-state index in [2.05, 4.69) is 22.4 Å². The molecule has 1 atom stereocenters. The van der Waals surface area contributed by atoms with Crippen LogP contribution in [0.25, 0.3) is 0 Å². The van der Waals surface area contributed by atoms with Crippen LogP contribution in [0.4, 0.5) is 0 Å². The number of nitrogens with zero attached hydrogens (tertiary/aromatic N) is 1. The van der Waals surface area contributed by atoms with Gasteiger partial charge in [0.05, 0.1) is 18.2 Å². The Labute approximate surface area is 105 Å². The lowest BCUT2D eigenvalue weighted by molar-refractivity contribution is 0.340. The van der Waals surface area contributed by atoms with Crippen molar-refractivity contribution in [3.63, 3.8) is 0 Å². The first kappa shape index (κ1) is 12.1. The Morgan fingerprint density at radius 2 is 2.12 bits per heavy atom. The molecule has 0 fully saturated rings. The van der Waals surface area contributed by atoms with E-state index in [1.807, 2.05) is 37.8 Å². The average molecular weight is 248 g/mol. The summed E-state index contributed by atoms with van der Waals surface area (Å²) in [5.74, 6) is 0.912. The van der Waals surface area contributed by atoms with E-state index in [-0.39, 0.29) is 6.04 Å². The van der Waals surface area contributed by atoms with Gasteiger partial charge in [-0.2, -0.15) is 0 Å². The average Bonchev–Trinajstić information content (AvgIpc) is 2.86. The number of hydrogen-bond donors (Lipinski definition) is 1. The maximum Gasteiger partial charge on any atom is 0.119 e. The molecule has 0 spiro atoms. The first-order valence-electron chi connectivity index (χ1n) is 5.63. The molecule has 1 aromatic heterocycles. The summed E-state index contributed by atoms with van der Waals surface area (Å²) in [4.78, 5) is 5.34. The molecule has 90 valence electrons. The number of ether oxygens (including phenoxy) is 1. The lowest BCUT2D eigenvalue weighted by atomic mass is 10.1. The first-order chi connectivity index (χ1) is 8.35. The topological polar surface area (TPSA) is 34.1 Å². The van der Waals surface area contributed by atoms with Crippen molar-refractivity contribution >= 4 is 11.3 Å². The second kappa shape index (κ2) is 5.80. The Morgan fingerprint density at radius 3 is 2.65 bits per heavy atom. The minimum absolute atomic E-state index is 0.207. The minimum Gasteiger partial charge on any atom is -0.494 e. The third kappa shape index (κ3) is 2.84. The molecule has 0 aliphatic rings. The zero-order valence-electron chi connectivity index (χ0n) is 10.0. The number of hydrogen-bond acceptors (Lipinski definition) is 4. The monoisotopic (exact) mass is 248 g/mol. The predicted molar refractivity (Wildman–Crippen MR) is 70.6 cm³/mol. The maximum absolute atomic E-state index is 5.43. The van der Waals surface area contributed by atoms with E-state index in [0.29, 0.717) is 6.61 Å². The highest BCUT2D eigenvalue weighted by Gasteiger charge is 2.13. The van der Waals surface area contributed by atoms with Crippen LogP contribution < -0.4 is 10.1 Å². The molecule has 0 saturated heterocycles. The van der Waals surface area contributed by atoms with Crippen LogP contribution in [-0.2, 0) is 0 Å². The largest absolute Gasteiger partial charge is 0.494 e. The van der Waals surface area contributed by atoms with Crippen LogP contribution in [0.1, 0.15) is 23.4 Å². The molecule has 0 aliphatic carbocycles. The van der Waals surface area contributed by atoms with Gasteiger partial charge >= 0.3 is 0 Å². The second-order valence-corrected chi connectivity index (χ2v) is 4.55. The molecule has 0 radical (unpaired) electrons. The molecule has 2 rings (SSSR count). The number of aromatic nitrogens is 1. The zero-order chi connectivity index (χ0) is 12.1. The summed E-state index contributed by atoms with van der Waals surface area (Å²) in [6.45, 7) is 2.69. The number of benzene rings is 1. The molecule has 1 heterocycles. The first-order valence-corrected chi connectivity index (χ1v) is 6.51. The van der Waals surface area contributed by atoms with E-state index < -0.39 is 0 Å². The van der Waals surface area contributed by atoms with Gasteiger partial charge in [-0.05, 0) is 31.7 Å². The predicted octanol–water partition coefficient (Wildman–Crippen LogP) is 2.85. The highest BCUT2D eigenvalue weighted by Crippen LogP contribution is 2.26. The van der Waals surface area contributed by atoms with Crippen LogP contribution in [0.5, 0.6) is 5.75 Å². The van der Waals surface area contributed by atoms with Crippen molar-refractivity contribution in [1.29, 1.82) is 0 Å². The molecule has 0 amide bonds. The molecule has 1 aromatic carbocycles. The van der Waals surface area contributed by atoms with E-state index in [4.69, 9.17) is 4.74 Å². The van der Waals surface area contributed by atoms with E-state index in [1.54, 1.807) is 11.3 Å². The van der Waals surface area contributed by atoms with Crippen LogP contribution >= 0.6 is 11.3 Å². The molecule has 4 heteroatoms. The normalized spacial score (nSPS) is 12.4. The third-order valence-corrected chi connectivity index (χ3v) is 3.39. The molecule has 1 N–H and O–H groups in total. The Bertz CT molecular complexity index is 439. The van der Waals surface area contributed by atoms with Crippen molar-refractivity contribution in [3.8, 4) is 5.75 Å². The van der Waals surface area contributed by atoms with Gasteiger partial charge in [0.2, 0.25) is 0 Å². The maximum atomic E-state index is 5.43. The summed E-state index contributed by atoms with van der Waals surface area (Å²) in [6, 6.07) is 8.39. The van der Waals surface area contributed by atoms with Gasteiger partial charge in [-0.15, -0.1) is 11.3 Å². The second-order valence-electron chi connectivity index (χ2n) is 3.63. The van der Waals surface area contributed by atoms with Crippen molar-refractivity contribution in [2.45, 2.75) is 13.0 Å². The van der Waals surface area contributed by atoms with Gasteiger partial charge in [-0.1, -0.05) is 12.1 Å². The van der Waals surface area contributed by atoms with Gasteiger partial charge in [0, 0.05) is 11.1 Å². The summed E-state index contributed by atoms with van der Waals surface area (Å²) in [5, 5.41) is 3.30. The Hall–Kier alpha value is -1.39. The van der Waals surface area contributed by atoms with Gasteiger partial charge in [-0.3, -0.25) is 4.98 Å². The van der Waals surface area contributed by atoms with Gasteiger partial charge in [0.1, 0.15) is 5.75 Å². The quantitative estimate of drug-likeness (QED) is 0.883. The van der Waals surface area contributed by atoms with Crippen LogP contribution in [0.2, 0.25) is 0 Å². The standard InChI is InChI=1S/C13H16N2OS/c1-3-16-11-6-4-10(5-7-11)13(14-2)12-8-15-9-17-12/h4-9,13-14H,3H2,1-2H3. The Balaban J connectivity index is 2.20. The van der Waals surface area contributed by atoms with E-state index >= 15 is 0 Å². The van der Waals surface area contributed by atoms with Crippen molar-refractivity contribution < 1.29 is 4.74 Å². The molecular formula is C13H16N2OS. The highest BCUT2D eigenvalue weighted by molar-refractivity contribution is 7.09. The smallest absolute Gasteiger partial charge is 0.119 e. The summed E-state index contributed by atoms with van der Waals surface area (Å²) in [6.07, 6.45) is 1.91. The molecule has 3 nitrogen and oxygen atoms in total. The SMILES string of the molecule is CCOc1ccc(C(NC)c2cncs2)cc1. The van der Waals surface area contributed by atoms with Crippen molar-refractivity contribution in [1.82, 2.24) is 10.3 Å². The molecule has 2 aromatic rings. The molecule has 0 bridgehead atoms. The fourth-order valence-electron chi connectivity index (χ4n) is 1.76. The Morgan fingerprint density at radius 1 is 1.35 bits per heavy atom. The molecule has 0 saturated carbocycles. The molecule has 0 aliphatic heterocycles. The third-order valence-electron chi connectivity index (χ3n) is 2.55. The van der Waals surface area contributed by atoms with Crippen molar-refractivity contribution in [2.75, 3.05) is 13.7 Å². The number of thiazole rings is 1.